The number of hydrogen-bond acceptors (Lipinski definition) is 3. The number of carbonyl (C=O) groups is 1. The van der Waals surface area contributed by atoms with Gasteiger partial charge in [-0.05, 0) is 43.3 Å². The number of rotatable bonds is 3. The molecule has 122 valence electrons. The summed E-state index contributed by atoms with van der Waals surface area (Å²) in [7, 11) is -1.96. The highest BCUT2D eigenvalue weighted by molar-refractivity contribution is 6.74. The summed E-state index contributed by atoms with van der Waals surface area (Å²) in [4.78, 5) is 12.3. The molecular formula is C16H24ClNO3Si. The summed E-state index contributed by atoms with van der Waals surface area (Å²) < 4.78 is 12.1. The second-order valence-corrected chi connectivity index (χ2v) is 12.4. The highest BCUT2D eigenvalue weighted by Crippen LogP contribution is 2.39. The first-order valence-electron chi connectivity index (χ1n) is 7.46. The molecule has 2 atom stereocenters. The van der Waals surface area contributed by atoms with Gasteiger partial charge >= 0.3 is 0 Å². The number of carbonyl (C=O) groups excluding carboxylic acids is 1. The number of benzene rings is 1. The summed E-state index contributed by atoms with van der Waals surface area (Å²) >= 11 is 5.93. The number of nitrogens with one attached hydrogen (secondary N) is 1. The van der Waals surface area contributed by atoms with E-state index in [4.69, 9.17) is 20.8 Å². The van der Waals surface area contributed by atoms with Crippen molar-refractivity contribution in [1.29, 1.82) is 0 Å². The quantitative estimate of drug-likeness (QED) is 0.826. The zero-order chi connectivity index (χ0) is 16.7. The molecule has 1 aliphatic heterocycles. The number of hydrogen-bond donors (Lipinski definition) is 1. The van der Waals surface area contributed by atoms with Crippen LogP contribution >= 0.6 is 11.6 Å². The number of anilines is 1. The van der Waals surface area contributed by atoms with Gasteiger partial charge < -0.3 is 14.5 Å². The third kappa shape index (κ3) is 3.47. The standard InChI is InChI=1S/C16H24ClNO3Si/c1-10(21-22(5,6)16(2,3)4)14-15(19)18-12-9-11(17)7-8-13(12)20-14/h7-10,14H,1-6H3,(H,18,19). The Morgan fingerprint density at radius 3 is 2.59 bits per heavy atom. The van der Waals surface area contributed by atoms with Crippen molar-refractivity contribution in [3.05, 3.63) is 23.2 Å². The van der Waals surface area contributed by atoms with E-state index in [0.717, 1.165) is 0 Å². The maximum absolute atomic E-state index is 12.3. The number of ether oxygens (including phenoxy) is 1. The fourth-order valence-electron chi connectivity index (χ4n) is 2.11. The number of fused-ring (bicyclic) bond motifs is 1. The van der Waals surface area contributed by atoms with Crippen molar-refractivity contribution in [2.75, 3.05) is 5.32 Å². The Morgan fingerprint density at radius 1 is 1.36 bits per heavy atom. The van der Waals surface area contributed by atoms with E-state index in [1.54, 1.807) is 18.2 Å². The second kappa shape index (κ2) is 5.87. The molecule has 2 rings (SSSR count). The Balaban J connectivity index is 2.16. The van der Waals surface area contributed by atoms with Gasteiger partial charge in [0.2, 0.25) is 6.10 Å². The van der Waals surface area contributed by atoms with Crippen LogP contribution < -0.4 is 10.1 Å². The highest BCUT2D eigenvalue weighted by atomic mass is 35.5. The summed E-state index contributed by atoms with van der Waals surface area (Å²) in [5.41, 5.74) is 0.605. The molecule has 0 saturated carbocycles. The van der Waals surface area contributed by atoms with Crippen molar-refractivity contribution in [2.24, 2.45) is 0 Å². The van der Waals surface area contributed by atoms with E-state index in [9.17, 15) is 4.79 Å². The molecule has 6 heteroatoms. The van der Waals surface area contributed by atoms with E-state index in [2.05, 4.69) is 39.2 Å². The van der Waals surface area contributed by atoms with Crippen molar-refractivity contribution in [3.8, 4) is 5.75 Å². The maximum atomic E-state index is 12.3. The van der Waals surface area contributed by atoms with Crippen LogP contribution in [0.1, 0.15) is 27.7 Å². The molecule has 1 N–H and O–H groups in total. The summed E-state index contributed by atoms with van der Waals surface area (Å²) in [5.74, 6) is 0.431. The van der Waals surface area contributed by atoms with E-state index in [0.29, 0.717) is 16.5 Å². The number of amides is 1. The fourth-order valence-corrected chi connectivity index (χ4v) is 3.69. The van der Waals surface area contributed by atoms with Crippen molar-refractivity contribution in [2.45, 2.75) is 58.0 Å². The molecule has 1 aliphatic rings. The van der Waals surface area contributed by atoms with Gasteiger partial charge in [0, 0.05) is 5.02 Å². The lowest BCUT2D eigenvalue weighted by Gasteiger charge is -2.40. The van der Waals surface area contributed by atoms with Crippen molar-refractivity contribution < 1.29 is 14.0 Å². The normalized spacial score (nSPS) is 20.0. The topological polar surface area (TPSA) is 47.6 Å². The van der Waals surface area contributed by atoms with Gasteiger partial charge in [-0.1, -0.05) is 32.4 Å². The minimum atomic E-state index is -1.96. The van der Waals surface area contributed by atoms with Crippen LogP contribution in [-0.2, 0) is 9.22 Å². The van der Waals surface area contributed by atoms with Crippen LogP contribution in [-0.4, -0.2) is 26.4 Å². The Hall–Kier alpha value is -1.04. The van der Waals surface area contributed by atoms with Gasteiger partial charge in [0.25, 0.3) is 5.91 Å². The molecule has 0 radical (unpaired) electrons. The van der Waals surface area contributed by atoms with Crippen LogP contribution in [0, 0.1) is 0 Å². The van der Waals surface area contributed by atoms with Crippen LogP contribution in [0.2, 0.25) is 23.2 Å². The molecule has 4 nitrogen and oxygen atoms in total. The predicted octanol–water partition coefficient (Wildman–Crippen LogP) is 4.45. The molecule has 1 heterocycles. The van der Waals surface area contributed by atoms with Crippen molar-refractivity contribution in [1.82, 2.24) is 0 Å². The zero-order valence-electron chi connectivity index (χ0n) is 14.0. The van der Waals surface area contributed by atoms with E-state index in [-0.39, 0.29) is 17.0 Å². The summed E-state index contributed by atoms with van der Waals surface area (Å²) in [6.07, 6.45) is -0.965. The lowest BCUT2D eigenvalue weighted by atomic mass is 10.1. The largest absolute Gasteiger partial charge is 0.476 e. The van der Waals surface area contributed by atoms with E-state index in [1.165, 1.54) is 0 Å². The van der Waals surface area contributed by atoms with Gasteiger partial charge in [0.05, 0.1) is 11.8 Å². The first kappa shape index (κ1) is 17.3. The maximum Gasteiger partial charge on any atom is 0.268 e. The third-order valence-electron chi connectivity index (χ3n) is 4.42. The van der Waals surface area contributed by atoms with Crippen LogP contribution in [0.25, 0.3) is 0 Å². The van der Waals surface area contributed by atoms with Crippen LogP contribution in [0.3, 0.4) is 0 Å². The van der Waals surface area contributed by atoms with Gasteiger partial charge in [-0.15, -0.1) is 0 Å². The fraction of sp³-hybridized carbons (Fsp3) is 0.562. The monoisotopic (exact) mass is 341 g/mol. The average molecular weight is 342 g/mol. The van der Waals surface area contributed by atoms with Crippen LogP contribution in [0.5, 0.6) is 5.75 Å². The SMILES string of the molecule is CC(O[Si](C)(C)C(C)(C)C)C1Oc2ccc(Cl)cc2NC1=O. The highest BCUT2D eigenvalue weighted by Gasteiger charge is 2.42. The van der Waals surface area contributed by atoms with Crippen molar-refractivity contribution >= 4 is 31.5 Å². The predicted molar refractivity (Wildman–Crippen MR) is 92.2 cm³/mol. The molecule has 1 aromatic rings. The van der Waals surface area contributed by atoms with Gasteiger partial charge in [-0.3, -0.25) is 4.79 Å². The lowest BCUT2D eigenvalue weighted by Crippen LogP contribution is -2.51. The molecule has 0 spiro atoms. The minimum absolute atomic E-state index is 0.0812. The summed E-state index contributed by atoms with van der Waals surface area (Å²) in [5, 5.41) is 3.49. The Morgan fingerprint density at radius 2 is 2.00 bits per heavy atom. The zero-order valence-corrected chi connectivity index (χ0v) is 15.7. The molecule has 2 unspecified atom stereocenters. The van der Waals surface area contributed by atoms with Gasteiger partial charge in [0.1, 0.15) is 5.75 Å². The molecule has 22 heavy (non-hydrogen) atoms. The lowest BCUT2D eigenvalue weighted by molar-refractivity contribution is -0.127. The molecule has 0 saturated heterocycles. The molecule has 0 fully saturated rings. The molecule has 1 amide bonds. The average Bonchev–Trinajstić information content (AvgIpc) is 2.35. The molecule has 0 bridgehead atoms. The van der Waals surface area contributed by atoms with E-state index >= 15 is 0 Å². The van der Waals surface area contributed by atoms with Gasteiger partial charge in [-0.25, -0.2) is 0 Å². The smallest absolute Gasteiger partial charge is 0.268 e. The van der Waals surface area contributed by atoms with Gasteiger partial charge in [0.15, 0.2) is 8.32 Å². The minimum Gasteiger partial charge on any atom is -0.476 e. The number of halogens is 1. The van der Waals surface area contributed by atoms with Crippen LogP contribution in [0.4, 0.5) is 5.69 Å². The summed E-state index contributed by atoms with van der Waals surface area (Å²) in [6, 6.07) is 5.20. The summed E-state index contributed by atoms with van der Waals surface area (Å²) in [6.45, 7) is 12.7. The molecular weight excluding hydrogens is 318 g/mol. The Kier molecular flexibility index (Phi) is 4.62. The second-order valence-electron chi connectivity index (χ2n) is 7.25. The third-order valence-corrected chi connectivity index (χ3v) is 9.23. The first-order valence-corrected chi connectivity index (χ1v) is 10.7. The van der Waals surface area contributed by atoms with Crippen LogP contribution in [0.15, 0.2) is 18.2 Å². The molecule has 0 aromatic heterocycles. The van der Waals surface area contributed by atoms with Crippen molar-refractivity contribution in [3.63, 3.8) is 0 Å². The molecule has 0 aliphatic carbocycles. The van der Waals surface area contributed by atoms with E-state index in [1.807, 2.05) is 6.92 Å². The Labute approximate surface area is 138 Å². The molecule has 1 aromatic carbocycles. The van der Waals surface area contributed by atoms with Gasteiger partial charge in [-0.2, -0.15) is 0 Å². The van der Waals surface area contributed by atoms with E-state index < -0.39 is 14.4 Å². The first-order chi connectivity index (χ1) is 10.0. The Bertz CT molecular complexity index is 583.